The van der Waals surface area contributed by atoms with Crippen molar-refractivity contribution in [3.8, 4) is 0 Å². The summed E-state index contributed by atoms with van der Waals surface area (Å²) in [6.45, 7) is 4.62. The first-order valence-electron chi connectivity index (χ1n) is 10.8. The summed E-state index contributed by atoms with van der Waals surface area (Å²) in [6, 6.07) is 10.5. The average molecular weight is 445 g/mol. The summed E-state index contributed by atoms with van der Waals surface area (Å²) in [5, 5.41) is 9.57. The molecule has 2 N–H and O–H groups in total. The molecule has 1 aromatic carbocycles. The molecule has 0 spiro atoms. The summed E-state index contributed by atoms with van der Waals surface area (Å²) in [6.07, 6.45) is -2.88. The number of rotatable bonds is 5. The van der Waals surface area contributed by atoms with Crippen LogP contribution in [0.4, 0.5) is 19.0 Å². The molecule has 3 heterocycles. The third-order valence-corrected chi connectivity index (χ3v) is 5.67. The van der Waals surface area contributed by atoms with Crippen molar-refractivity contribution in [3.05, 3.63) is 53.2 Å². The summed E-state index contributed by atoms with van der Waals surface area (Å²) in [5.41, 5.74) is 0.593. The number of anilines is 1. The van der Waals surface area contributed by atoms with Gasteiger partial charge in [0.1, 0.15) is 0 Å². The van der Waals surface area contributed by atoms with E-state index in [1.54, 1.807) is 4.90 Å². The van der Waals surface area contributed by atoms with Crippen LogP contribution in [0, 0.1) is 0 Å². The van der Waals surface area contributed by atoms with Crippen LogP contribution in [-0.4, -0.2) is 45.1 Å². The largest absolute Gasteiger partial charge is 0.417 e. The van der Waals surface area contributed by atoms with Crippen LogP contribution >= 0.6 is 0 Å². The van der Waals surface area contributed by atoms with Crippen LogP contribution in [0.5, 0.6) is 0 Å². The van der Waals surface area contributed by atoms with Gasteiger partial charge in [0.15, 0.2) is 11.5 Å². The van der Waals surface area contributed by atoms with Gasteiger partial charge in [0.25, 0.3) is 0 Å². The molecule has 0 aliphatic carbocycles. The van der Waals surface area contributed by atoms with Gasteiger partial charge in [0.2, 0.25) is 5.91 Å². The number of carbonyl (C=O) groups excluding carboxylic acids is 1. The molecule has 0 saturated carbocycles. The van der Waals surface area contributed by atoms with Crippen LogP contribution in [0.1, 0.15) is 49.4 Å². The van der Waals surface area contributed by atoms with Crippen molar-refractivity contribution < 1.29 is 18.0 Å². The van der Waals surface area contributed by atoms with Gasteiger partial charge in [0, 0.05) is 30.7 Å². The first kappa shape index (κ1) is 22.1. The molecule has 3 aromatic rings. The highest BCUT2D eigenvalue weighted by atomic mass is 19.4. The van der Waals surface area contributed by atoms with E-state index in [1.807, 2.05) is 44.2 Å². The molecule has 9 heteroatoms. The van der Waals surface area contributed by atoms with Crippen molar-refractivity contribution in [2.24, 2.45) is 0 Å². The van der Waals surface area contributed by atoms with E-state index in [0.717, 1.165) is 18.1 Å². The number of halogens is 3. The molecule has 32 heavy (non-hydrogen) atoms. The molecule has 0 bridgehead atoms. The lowest BCUT2D eigenvalue weighted by molar-refractivity contribution is -0.136. The predicted octanol–water partition coefficient (Wildman–Crippen LogP) is 4.75. The maximum atomic E-state index is 13.9. The second kappa shape index (κ2) is 8.80. The van der Waals surface area contributed by atoms with Crippen molar-refractivity contribution in [1.29, 1.82) is 0 Å². The molecule has 1 fully saturated rings. The zero-order valence-electron chi connectivity index (χ0n) is 18.0. The van der Waals surface area contributed by atoms with E-state index < -0.39 is 11.7 Å². The molecular formula is C23H26F3N5O. The number of nitrogens with one attached hydrogen (secondary N) is 2. The zero-order valence-corrected chi connectivity index (χ0v) is 18.0. The number of aromatic amines is 1. The summed E-state index contributed by atoms with van der Waals surface area (Å²) in [7, 11) is 0. The fraction of sp³-hybridized carbons (Fsp3) is 0.435. The first-order chi connectivity index (χ1) is 15.2. The van der Waals surface area contributed by atoms with Crippen molar-refractivity contribution >= 4 is 22.8 Å². The Hall–Kier alpha value is -3.10. The molecule has 1 aliphatic heterocycles. The molecule has 1 saturated heterocycles. The number of hydrogen-bond acceptors (Lipinski definition) is 4. The highest BCUT2D eigenvalue weighted by molar-refractivity contribution is 5.91. The van der Waals surface area contributed by atoms with E-state index in [9.17, 15) is 18.0 Å². The molecule has 6 nitrogen and oxygen atoms in total. The van der Waals surface area contributed by atoms with Gasteiger partial charge in [-0.05, 0) is 38.3 Å². The summed E-state index contributed by atoms with van der Waals surface area (Å²) < 4.78 is 41.8. The number of carbonyl (C=O) groups is 1. The normalized spacial score (nSPS) is 17.2. The van der Waals surface area contributed by atoms with Crippen LogP contribution in [-0.2, 0) is 17.4 Å². The fourth-order valence-corrected chi connectivity index (χ4v) is 4.19. The van der Waals surface area contributed by atoms with E-state index in [2.05, 4.69) is 20.5 Å². The van der Waals surface area contributed by atoms with Crippen LogP contribution in [0.2, 0.25) is 0 Å². The minimum absolute atomic E-state index is 0.0250. The smallest absolute Gasteiger partial charge is 0.366 e. The van der Waals surface area contributed by atoms with E-state index >= 15 is 0 Å². The Morgan fingerprint density at radius 2 is 2.03 bits per heavy atom. The van der Waals surface area contributed by atoms with E-state index in [4.69, 9.17) is 0 Å². The van der Waals surface area contributed by atoms with Crippen LogP contribution in [0.15, 0.2) is 36.4 Å². The topological polar surface area (TPSA) is 73.9 Å². The third-order valence-electron chi connectivity index (χ3n) is 5.67. The standard InChI is InChI=1S/C23H26F3N5O/c1-14(2)27-21-20-17(23(24,25)26)12-18(28-22(20)30-29-21)16-9-6-10-31(13-16)19(32)11-15-7-4-3-5-8-15/h3-5,7-8,12,14,16H,6,9-11,13H2,1-2H3,(H2,27,28,29,30)/t16-/m1/s1. The molecular weight excluding hydrogens is 419 g/mol. The van der Waals surface area contributed by atoms with Crippen LogP contribution in [0.3, 0.4) is 0 Å². The van der Waals surface area contributed by atoms with Crippen molar-refractivity contribution in [2.75, 3.05) is 18.4 Å². The van der Waals surface area contributed by atoms with Crippen molar-refractivity contribution in [3.63, 3.8) is 0 Å². The highest BCUT2D eigenvalue weighted by Crippen LogP contribution is 2.39. The molecule has 1 atom stereocenters. The minimum atomic E-state index is -4.55. The van der Waals surface area contributed by atoms with Gasteiger partial charge in [-0.2, -0.15) is 18.3 Å². The van der Waals surface area contributed by atoms with Gasteiger partial charge in [-0.15, -0.1) is 0 Å². The highest BCUT2D eigenvalue weighted by Gasteiger charge is 2.37. The first-order valence-corrected chi connectivity index (χ1v) is 10.8. The van der Waals surface area contributed by atoms with Crippen molar-refractivity contribution in [1.82, 2.24) is 20.1 Å². The number of likely N-dealkylation sites (tertiary alicyclic amines) is 1. The maximum Gasteiger partial charge on any atom is 0.417 e. The van der Waals surface area contributed by atoms with Gasteiger partial charge in [-0.1, -0.05) is 30.3 Å². The van der Waals surface area contributed by atoms with E-state index in [0.29, 0.717) is 25.2 Å². The summed E-state index contributed by atoms with van der Waals surface area (Å²) >= 11 is 0. The van der Waals surface area contributed by atoms with Crippen LogP contribution in [0.25, 0.3) is 11.0 Å². The Morgan fingerprint density at radius 1 is 1.28 bits per heavy atom. The minimum Gasteiger partial charge on any atom is -0.366 e. The number of nitrogens with zero attached hydrogens (tertiary/aromatic N) is 3. The lowest BCUT2D eigenvalue weighted by Crippen LogP contribution is -2.40. The second-order valence-electron chi connectivity index (χ2n) is 8.53. The lowest BCUT2D eigenvalue weighted by Gasteiger charge is -2.33. The fourth-order valence-electron chi connectivity index (χ4n) is 4.19. The molecule has 1 aliphatic rings. The summed E-state index contributed by atoms with van der Waals surface area (Å²) in [4.78, 5) is 19.0. The van der Waals surface area contributed by atoms with Gasteiger partial charge >= 0.3 is 6.18 Å². The molecule has 4 rings (SSSR count). The number of benzene rings is 1. The molecule has 2 aromatic heterocycles. The Labute approximate surface area is 184 Å². The third kappa shape index (κ3) is 4.71. The number of fused-ring (bicyclic) bond motifs is 1. The van der Waals surface area contributed by atoms with Crippen molar-refractivity contribution in [2.45, 2.75) is 51.2 Å². The number of hydrogen-bond donors (Lipinski definition) is 2. The van der Waals surface area contributed by atoms with E-state index in [1.165, 1.54) is 0 Å². The number of alkyl halides is 3. The Morgan fingerprint density at radius 3 is 2.72 bits per heavy atom. The van der Waals surface area contributed by atoms with Crippen LogP contribution < -0.4 is 5.32 Å². The SMILES string of the molecule is CC(C)Nc1n[nH]c2nc([C@@H]3CCCN(C(=O)Cc4ccccc4)C3)cc(C(F)(F)F)c12. The maximum absolute atomic E-state index is 13.9. The second-order valence-corrected chi connectivity index (χ2v) is 8.53. The Bertz CT molecular complexity index is 1090. The van der Waals surface area contributed by atoms with Gasteiger partial charge < -0.3 is 10.2 Å². The monoisotopic (exact) mass is 445 g/mol. The molecule has 170 valence electrons. The van der Waals surface area contributed by atoms with E-state index in [-0.39, 0.29) is 41.1 Å². The lowest BCUT2D eigenvalue weighted by atomic mass is 9.92. The Balaban J connectivity index is 1.62. The van der Waals surface area contributed by atoms with Gasteiger partial charge in [-0.25, -0.2) is 4.98 Å². The number of amides is 1. The number of H-pyrrole nitrogens is 1. The van der Waals surface area contributed by atoms with Gasteiger partial charge in [-0.3, -0.25) is 9.89 Å². The Kier molecular flexibility index (Phi) is 6.08. The quantitative estimate of drug-likeness (QED) is 0.595. The number of aromatic nitrogens is 3. The molecule has 1 amide bonds. The summed E-state index contributed by atoms with van der Waals surface area (Å²) in [5.74, 6) is -0.147. The average Bonchev–Trinajstić information content (AvgIpc) is 3.15. The molecule has 0 unspecified atom stereocenters. The predicted molar refractivity (Wildman–Crippen MR) is 116 cm³/mol. The molecule has 0 radical (unpaired) electrons. The van der Waals surface area contributed by atoms with Gasteiger partial charge in [0.05, 0.1) is 17.4 Å². The number of pyridine rings is 1. The number of piperidine rings is 1. The zero-order chi connectivity index (χ0) is 22.9.